The number of H-pyrrole nitrogens is 1. The molecule has 0 atom stereocenters. The second-order valence-electron chi connectivity index (χ2n) is 5.33. The first-order valence-corrected chi connectivity index (χ1v) is 7.11. The zero-order valence-electron chi connectivity index (χ0n) is 12.5. The van der Waals surface area contributed by atoms with Crippen LogP contribution in [0.2, 0.25) is 0 Å². The Morgan fingerprint density at radius 3 is 2.88 bits per heavy atom. The fourth-order valence-corrected chi connectivity index (χ4v) is 2.85. The van der Waals surface area contributed by atoms with Crippen LogP contribution in [0.15, 0.2) is 30.6 Å². The molecule has 2 aromatic heterocycles. The van der Waals surface area contributed by atoms with Crippen LogP contribution in [-0.4, -0.2) is 39.0 Å². The summed E-state index contributed by atoms with van der Waals surface area (Å²) in [4.78, 5) is 30.4. The number of carbonyl (C=O) groups excluding carboxylic acids is 2. The smallest absolute Gasteiger partial charge is 0.263 e. The second kappa shape index (κ2) is 5.12. The SMILES string of the molecule is COc1ccc(F)cc1CN1C(=O)c2cnc3[nH]ncc3c2C1=O. The number of fused-ring (bicyclic) bond motifs is 3. The Balaban J connectivity index is 1.77. The van der Waals surface area contributed by atoms with Crippen molar-refractivity contribution in [2.24, 2.45) is 0 Å². The van der Waals surface area contributed by atoms with E-state index in [1.54, 1.807) is 0 Å². The molecule has 1 aromatic carbocycles. The highest BCUT2D eigenvalue weighted by atomic mass is 19.1. The molecule has 120 valence electrons. The van der Waals surface area contributed by atoms with Crippen LogP contribution in [0, 0.1) is 5.82 Å². The minimum atomic E-state index is -0.475. The molecule has 0 unspecified atom stereocenters. The fourth-order valence-electron chi connectivity index (χ4n) is 2.85. The Morgan fingerprint density at radius 1 is 1.25 bits per heavy atom. The first kappa shape index (κ1) is 14.3. The van der Waals surface area contributed by atoms with Gasteiger partial charge in [-0.25, -0.2) is 9.37 Å². The number of nitrogens with one attached hydrogen (secondary N) is 1. The molecule has 2 amide bonds. The van der Waals surface area contributed by atoms with Crippen LogP contribution in [0.1, 0.15) is 26.3 Å². The molecule has 7 nitrogen and oxygen atoms in total. The van der Waals surface area contributed by atoms with Gasteiger partial charge in [-0.15, -0.1) is 0 Å². The molecule has 0 radical (unpaired) electrons. The third-order valence-electron chi connectivity index (χ3n) is 3.99. The largest absolute Gasteiger partial charge is 0.496 e. The first-order chi connectivity index (χ1) is 11.6. The maximum absolute atomic E-state index is 13.5. The summed E-state index contributed by atoms with van der Waals surface area (Å²) in [5, 5.41) is 7.00. The Bertz CT molecular complexity index is 998. The summed E-state index contributed by atoms with van der Waals surface area (Å²) in [6, 6.07) is 3.95. The van der Waals surface area contributed by atoms with Crippen LogP contribution in [0.25, 0.3) is 11.0 Å². The van der Waals surface area contributed by atoms with Gasteiger partial charge in [0.1, 0.15) is 11.6 Å². The van der Waals surface area contributed by atoms with Crippen LogP contribution in [0.4, 0.5) is 4.39 Å². The lowest BCUT2D eigenvalue weighted by atomic mass is 10.1. The fraction of sp³-hybridized carbons (Fsp3) is 0.125. The van der Waals surface area contributed by atoms with E-state index in [0.29, 0.717) is 22.3 Å². The summed E-state index contributed by atoms with van der Waals surface area (Å²) in [5.74, 6) is -1.01. The van der Waals surface area contributed by atoms with Crippen LogP contribution >= 0.6 is 0 Å². The molecule has 4 rings (SSSR count). The second-order valence-corrected chi connectivity index (χ2v) is 5.33. The molecule has 0 saturated heterocycles. The monoisotopic (exact) mass is 326 g/mol. The van der Waals surface area contributed by atoms with Gasteiger partial charge in [0.05, 0.1) is 36.4 Å². The number of aromatic nitrogens is 3. The highest BCUT2D eigenvalue weighted by molar-refractivity contribution is 6.25. The van der Waals surface area contributed by atoms with Crippen molar-refractivity contribution in [3.63, 3.8) is 0 Å². The van der Waals surface area contributed by atoms with Gasteiger partial charge in [0.15, 0.2) is 5.65 Å². The number of pyridine rings is 1. The number of benzene rings is 1. The maximum atomic E-state index is 13.5. The minimum absolute atomic E-state index is 0.0907. The van der Waals surface area contributed by atoms with Crippen molar-refractivity contribution in [2.45, 2.75) is 6.54 Å². The number of aromatic amines is 1. The van der Waals surface area contributed by atoms with E-state index in [-0.39, 0.29) is 17.7 Å². The van der Waals surface area contributed by atoms with E-state index < -0.39 is 17.6 Å². The Labute approximate surface area is 135 Å². The molecule has 3 heterocycles. The molecule has 0 bridgehead atoms. The number of carbonyl (C=O) groups is 2. The predicted octanol–water partition coefficient (Wildman–Crippen LogP) is 1.90. The third-order valence-corrected chi connectivity index (χ3v) is 3.99. The zero-order chi connectivity index (χ0) is 16.8. The summed E-state index contributed by atoms with van der Waals surface area (Å²) in [7, 11) is 1.44. The van der Waals surface area contributed by atoms with Crippen molar-refractivity contribution >= 4 is 22.8 Å². The molecule has 0 fully saturated rings. The van der Waals surface area contributed by atoms with Crippen molar-refractivity contribution in [3.8, 4) is 5.75 Å². The molecule has 1 aliphatic heterocycles. The van der Waals surface area contributed by atoms with Gasteiger partial charge in [0, 0.05) is 11.8 Å². The number of ether oxygens (including phenoxy) is 1. The van der Waals surface area contributed by atoms with E-state index in [0.717, 1.165) is 4.90 Å². The molecule has 24 heavy (non-hydrogen) atoms. The summed E-state index contributed by atoms with van der Waals surface area (Å²) in [6.45, 7) is -0.0907. The molecular formula is C16H11FN4O3. The molecule has 1 N–H and O–H groups in total. The van der Waals surface area contributed by atoms with E-state index in [1.807, 2.05) is 0 Å². The van der Waals surface area contributed by atoms with Crippen molar-refractivity contribution in [1.82, 2.24) is 20.1 Å². The maximum Gasteiger partial charge on any atom is 0.263 e. The predicted molar refractivity (Wildman–Crippen MR) is 81.0 cm³/mol. The number of hydrogen-bond donors (Lipinski definition) is 1. The van der Waals surface area contributed by atoms with Crippen molar-refractivity contribution in [3.05, 3.63) is 53.1 Å². The van der Waals surface area contributed by atoms with E-state index >= 15 is 0 Å². The van der Waals surface area contributed by atoms with Crippen molar-refractivity contribution in [1.29, 1.82) is 0 Å². The number of amides is 2. The topological polar surface area (TPSA) is 88.2 Å². The van der Waals surface area contributed by atoms with Gasteiger partial charge in [-0.05, 0) is 18.2 Å². The first-order valence-electron chi connectivity index (χ1n) is 7.11. The molecule has 0 saturated carbocycles. The lowest BCUT2D eigenvalue weighted by Gasteiger charge is -2.16. The van der Waals surface area contributed by atoms with Gasteiger partial charge in [0.25, 0.3) is 11.8 Å². The van der Waals surface area contributed by atoms with E-state index in [2.05, 4.69) is 15.2 Å². The van der Waals surface area contributed by atoms with E-state index in [9.17, 15) is 14.0 Å². The Hall–Kier alpha value is -3.29. The average molecular weight is 326 g/mol. The third kappa shape index (κ3) is 1.96. The van der Waals surface area contributed by atoms with E-state index in [1.165, 1.54) is 37.7 Å². The summed E-state index contributed by atoms with van der Waals surface area (Å²) in [6.07, 6.45) is 2.80. The number of imide groups is 1. The van der Waals surface area contributed by atoms with Gasteiger partial charge < -0.3 is 4.74 Å². The highest BCUT2D eigenvalue weighted by Gasteiger charge is 2.38. The number of methoxy groups -OCH3 is 1. The number of rotatable bonds is 3. The highest BCUT2D eigenvalue weighted by Crippen LogP contribution is 2.30. The van der Waals surface area contributed by atoms with Gasteiger partial charge in [-0.1, -0.05) is 0 Å². The average Bonchev–Trinajstić information content (AvgIpc) is 3.14. The minimum Gasteiger partial charge on any atom is -0.496 e. The number of halogens is 1. The summed E-state index contributed by atoms with van der Waals surface area (Å²) in [5.41, 5.74) is 1.31. The number of nitrogens with zero attached hydrogens (tertiary/aromatic N) is 3. The molecule has 0 spiro atoms. The zero-order valence-corrected chi connectivity index (χ0v) is 12.5. The molecule has 8 heteroatoms. The van der Waals surface area contributed by atoms with Crippen molar-refractivity contribution < 1.29 is 18.7 Å². The Kier molecular flexibility index (Phi) is 3.05. The number of hydrogen-bond acceptors (Lipinski definition) is 5. The molecule has 1 aliphatic rings. The van der Waals surface area contributed by atoms with Crippen LogP contribution in [0.3, 0.4) is 0 Å². The molecule has 0 aliphatic carbocycles. The van der Waals surface area contributed by atoms with Gasteiger partial charge in [-0.2, -0.15) is 5.10 Å². The summed E-state index contributed by atoms with van der Waals surface area (Å²) >= 11 is 0. The lowest BCUT2D eigenvalue weighted by molar-refractivity contribution is 0.0641. The van der Waals surface area contributed by atoms with Crippen LogP contribution in [-0.2, 0) is 6.54 Å². The standard InChI is InChI=1S/C16H11FN4O3/c1-24-12-3-2-9(17)4-8(12)7-21-15(22)11-5-18-14-10(6-19-20-14)13(11)16(21)23/h2-6H,7H2,1H3,(H,18,19,20). The van der Waals surface area contributed by atoms with Gasteiger partial charge in [0.2, 0.25) is 0 Å². The van der Waals surface area contributed by atoms with Gasteiger partial charge in [-0.3, -0.25) is 19.6 Å². The summed E-state index contributed by atoms with van der Waals surface area (Å²) < 4.78 is 18.7. The van der Waals surface area contributed by atoms with Crippen LogP contribution in [0.5, 0.6) is 5.75 Å². The quantitative estimate of drug-likeness (QED) is 0.743. The van der Waals surface area contributed by atoms with E-state index in [4.69, 9.17) is 4.74 Å². The lowest BCUT2D eigenvalue weighted by Crippen LogP contribution is -2.29. The normalized spacial score (nSPS) is 13.7. The van der Waals surface area contributed by atoms with Gasteiger partial charge >= 0.3 is 0 Å². The Morgan fingerprint density at radius 2 is 2.08 bits per heavy atom. The molecular weight excluding hydrogens is 315 g/mol. The molecule has 3 aromatic rings. The van der Waals surface area contributed by atoms with Crippen LogP contribution < -0.4 is 4.74 Å². The van der Waals surface area contributed by atoms with Crippen molar-refractivity contribution in [2.75, 3.05) is 7.11 Å².